The van der Waals surface area contributed by atoms with E-state index >= 15 is 0 Å². The lowest BCUT2D eigenvalue weighted by Gasteiger charge is -2.09. The van der Waals surface area contributed by atoms with Crippen LogP contribution in [0.2, 0.25) is 0 Å². The summed E-state index contributed by atoms with van der Waals surface area (Å²) in [5.41, 5.74) is 0.646. The highest BCUT2D eigenvalue weighted by molar-refractivity contribution is 5.29. The summed E-state index contributed by atoms with van der Waals surface area (Å²) < 4.78 is 15.4. The first kappa shape index (κ1) is 11.4. The topological polar surface area (TPSA) is 29.9 Å². The second-order valence-corrected chi connectivity index (χ2v) is 3.64. The third-order valence-electron chi connectivity index (χ3n) is 2.42. The fourth-order valence-corrected chi connectivity index (χ4v) is 1.58. The van der Waals surface area contributed by atoms with Gasteiger partial charge in [0.15, 0.2) is 0 Å². The first-order valence-corrected chi connectivity index (χ1v) is 5.40. The van der Waals surface area contributed by atoms with Gasteiger partial charge >= 0.3 is 0 Å². The minimum Gasteiger partial charge on any atom is -0.352 e. The molecule has 0 bridgehead atoms. The predicted octanol–water partition coefficient (Wildman–Crippen LogP) is 2.67. The molecule has 17 heavy (non-hydrogen) atoms. The highest BCUT2D eigenvalue weighted by atomic mass is 19.1. The van der Waals surface area contributed by atoms with Crippen LogP contribution in [0.3, 0.4) is 0 Å². The lowest BCUT2D eigenvalue weighted by molar-refractivity contribution is 0.600. The second kappa shape index (κ2) is 5.30. The average Bonchev–Trinajstić information content (AvgIpc) is 2.77. The summed E-state index contributed by atoms with van der Waals surface area (Å²) in [6.07, 6.45) is 5.26. The standard InChI is InChI=1S/C13H14FN3/c1-2-7-15-13-16-8-9-17(13)10-11-5-3-4-6-12(11)14/h2-6,8-9H,1,7,10H2,(H,15,16). The van der Waals surface area contributed by atoms with Gasteiger partial charge < -0.3 is 9.88 Å². The molecule has 3 nitrogen and oxygen atoms in total. The van der Waals surface area contributed by atoms with Crippen LogP contribution in [0.15, 0.2) is 49.3 Å². The summed E-state index contributed by atoms with van der Waals surface area (Å²) in [7, 11) is 0. The van der Waals surface area contributed by atoms with Gasteiger partial charge in [-0.3, -0.25) is 0 Å². The second-order valence-electron chi connectivity index (χ2n) is 3.64. The van der Waals surface area contributed by atoms with E-state index in [-0.39, 0.29) is 5.82 Å². The molecule has 0 atom stereocenters. The van der Waals surface area contributed by atoms with E-state index in [2.05, 4.69) is 16.9 Å². The van der Waals surface area contributed by atoms with Crippen molar-refractivity contribution in [1.29, 1.82) is 0 Å². The van der Waals surface area contributed by atoms with Gasteiger partial charge in [0.05, 0.1) is 6.54 Å². The summed E-state index contributed by atoms with van der Waals surface area (Å²) >= 11 is 0. The monoisotopic (exact) mass is 231 g/mol. The van der Waals surface area contributed by atoms with Gasteiger partial charge in [-0.25, -0.2) is 9.37 Å². The fraction of sp³-hybridized carbons (Fsp3) is 0.154. The van der Waals surface area contributed by atoms with Gasteiger partial charge in [0.2, 0.25) is 5.95 Å². The van der Waals surface area contributed by atoms with E-state index in [1.807, 2.05) is 16.8 Å². The van der Waals surface area contributed by atoms with Gasteiger partial charge in [0, 0.05) is 24.5 Å². The number of hydrogen-bond donors (Lipinski definition) is 1. The van der Waals surface area contributed by atoms with Crippen LogP contribution in [0.25, 0.3) is 0 Å². The van der Waals surface area contributed by atoms with Crippen molar-refractivity contribution in [3.05, 3.63) is 60.7 Å². The lowest BCUT2D eigenvalue weighted by Crippen LogP contribution is -2.08. The van der Waals surface area contributed by atoms with E-state index in [1.165, 1.54) is 6.07 Å². The predicted molar refractivity (Wildman–Crippen MR) is 66.4 cm³/mol. The van der Waals surface area contributed by atoms with E-state index in [1.54, 1.807) is 24.4 Å². The summed E-state index contributed by atoms with van der Waals surface area (Å²) in [6, 6.07) is 6.74. The summed E-state index contributed by atoms with van der Waals surface area (Å²) in [4.78, 5) is 4.16. The molecule has 88 valence electrons. The molecule has 1 heterocycles. The van der Waals surface area contributed by atoms with Crippen molar-refractivity contribution in [2.45, 2.75) is 6.54 Å². The van der Waals surface area contributed by atoms with Crippen molar-refractivity contribution < 1.29 is 4.39 Å². The van der Waals surface area contributed by atoms with Gasteiger partial charge in [0.25, 0.3) is 0 Å². The first-order chi connectivity index (χ1) is 8.31. The Morgan fingerprint density at radius 3 is 3.00 bits per heavy atom. The lowest BCUT2D eigenvalue weighted by atomic mass is 10.2. The summed E-state index contributed by atoms with van der Waals surface area (Å²) in [5.74, 6) is 0.518. The Bertz CT molecular complexity index is 505. The zero-order valence-electron chi connectivity index (χ0n) is 9.44. The van der Waals surface area contributed by atoms with Gasteiger partial charge in [-0.2, -0.15) is 0 Å². The van der Waals surface area contributed by atoms with Crippen molar-refractivity contribution in [1.82, 2.24) is 9.55 Å². The highest BCUT2D eigenvalue weighted by Crippen LogP contribution is 2.12. The molecule has 2 aromatic rings. The zero-order chi connectivity index (χ0) is 12.1. The number of nitrogens with one attached hydrogen (secondary N) is 1. The molecule has 0 unspecified atom stereocenters. The van der Waals surface area contributed by atoms with Crippen LogP contribution in [0.5, 0.6) is 0 Å². The molecule has 1 aromatic heterocycles. The number of anilines is 1. The van der Waals surface area contributed by atoms with Crippen LogP contribution >= 0.6 is 0 Å². The molecule has 0 aliphatic carbocycles. The van der Waals surface area contributed by atoms with Gasteiger partial charge in [-0.15, -0.1) is 6.58 Å². The van der Waals surface area contributed by atoms with Crippen LogP contribution in [-0.4, -0.2) is 16.1 Å². The van der Waals surface area contributed by atoms with E-state index < -0.39 is 0 Å². The number of rotatable bonds is 5. The smallest absolute Gasteiger partial charge is 0.203 e. The quantitative estimate of drug-likeness (QED) is 0.802. The van der Waals surface area contributed by atoms with E-state index in [0.717, 1.165) is 0 Å². The van der Waals surface area contributed by atoms with Gasteiger partial charge in [-0.1, -0.05) is 24.3 Å². The number of nitrogens with zero attached hydrogens (tertiary/aromatic N) is 2. The van der Waals surface area contributed by atoms with Crippen molar-refractivity contribution in [3.63, 3.8) is 0 Å². The third kappa shape index (κ3) is 2.72. The Kier molecular flexibility index (Phi) is 3.55. The zero-order valence-corrected chi connectivity index (χ0v) is 9.44. The van der Waals surface area contributed by atoms with E-state index in [9.17, 15) is 4.39 Å². The largest absolute Gasteiger partial charge is 0.352 e. The Hall–Kier alpha value is -2.10. The maximum Gasteiger partial charge on any atom is 0.203 e. The third-order valence-corrected chi connectivity index (χ3v) is 2.42. The molecule has 1 aromatic carbocycles. The van der Waals surface area contributed by atoms with Crippen molar-refractivity contribution in [2.24, 2.45) is 0 Å². The molecule has 0 aliphatic heterocycles. The molecule has 0 saturated carbocycles. The molecular formula is C13H14FN3. The minimum atomic E-state index is -0.198. The van der Waals surface area contributed by atoms with Gasteiger partial charge in [0.1, 0.15) is 5.82 Å². The Labute approximate surface area is 99.6 Å². The van der Waals surface area contributed by atoms with Crippen LogP contribution in [0.4, 0.5) is 10.3 Å². The molecule has 0 aliphatic rings. The molecule has 2 rings (SSSR count). The molecule has 4 heteroatoms. The molecule has 0 saturated heterocycles. The van der Waals surface area contributed by atoms with Crippen molar-refractivity contribution in [2.75, 3.05) is 11.9 Å². The number of hydrogen-bond acceptors (Lipinski definition) is 2. The molecule has 0 spiro atoms. The summed E-state index contributed by atoms with van der Waals surface area (Å²) in [5, 5.41) is 3.09. The Balaban J connectivity index is 2.16. The summed E-state index contributed by atoms with van der Waals surface area (Å²) in [6.45, 7) is 4.73. The number of aromatic nitrogens is 2. The van der Waals surface area contributed by atoms with Crippen LogP contribution in [-0.2, 0) is 6.54 Å². The molecule has 0 radical (unpaired) electrons. The molecule has 0 amide bonds. The number of benzene rings is 1. The maximum absolute atomic E-state index is 13.5. The van der Waals surface area contributed by atoms with E-state index in [0.29, 0.717) is 24.6 Å². The molecule has 0 fully saturated rings. The normalized spacial score (nSPS) is 10.2. The maximum atomic E-state index is 13.5. The van der Waals surface area contributed by atoms with E-state index in [4.69, 9.17) is 0 Å². The Morgan fingerprint density at radius 1 is 1.41 bits per heavy atom. The van der Waals surface area contributed by atoms with Gasteiger partial charge in [-0.05, 0) is 6.07 Å². The van der Waals surface area contributed by atoms with Crippen molar-refractivity contribution in [3.8, 4) is 0 Å². The van der Waals surface area contributed by atoms with Crippen LogP contribution < -0.4 is 5.32 Å². The highest BCUT2D eigenvalue weighted by Gasteiger charge is 2.05. The SMILES string of the molecule is C=CCNc1nccn1Cc1ccccc1F. The van der Waals surface area contributed by atoms with Crippen molar-refractivity contribution >= 4 is 5.95 Å². The van der Waals surface area contributed by atoms with Crippen LogP contribution in [0, 0.1) is 5.82 Å². The molecule has 1 N–H and O–H groups in total. The molecular weight excluding hydrogens is 217 g/mol. The average molecular weight is 231 g/mol. The van der Waals surface area contributed by atoms with Crippen LogP contribution in [0.1, 0.15) is 5.56 Å². The number of imidazole rings is 1. The number of halogens is 1. The Morgan fingerprint density at radius 2 is 2.24 bits per heavy atom. The first-order valence-electron chi connectivity index (χ1n) is 5.40. The minimum absolute atomic E-state index is 0.198. The fourth-order valence-electron chi connectivity index (χ4n) is 1.58.